The predicted molar refractivity (Wildman–Crippen MR) is 111 cm³/mol. The van der Waals surface area contributed by atoms with E-state index in [1.165, 1.54) is 24.0 Å². The number of carbonyl (C=O) groups excluding carboxylic acids is 2. The second-order valence-corrected chi connectivity index (χ2v) is 8.60. The van der Waals surface area contributed by atoms with Crippen LogP contribution in [-0.2, 0) is 11.2 Å². The van der Waals surface area contributed by atoms with Crippen molar-refractivity contribution in [2.24, 2.45) is 5.92 Å². The number of carbonyl (C=O) groups is 2. The summed E-state index contributed by atoms with van der Waals surface area (Å²) in [6, 6.07) is 4.05. The summed E-state index contributed by atoms with van der Waals surface area (Å²) in [5.74, 6) is 1.38. The van der Waals surface area contributed by atoms with Gasteiger partial charge in [0.25, 0.3) is 0 Å². The third kappa shape index (κ3) is 5.21. The first-order valence-electron chi connectivity index (χ1n) is 10.6. The summed E-state index contributed by atoms with van der Waals surface area (Å²) in [6.07, 6.45) is 7.45. The summed E-state index contributed by atoms with van der Waals surface area (Å²) in [5.41, 5.74) is 9.30. The monoisotopic (exact) mass is 420 g/mol. The topological polar surface area (TPSA) is 82.7 Å². The molecular formula is C21H29ClN4O3. The van der Waals surface area contributed by atoms with Gasteiger partial charge in [0, 0.05) is 24.7 Å². The summed E-state index contributed by atoms with van der Waals surface area (Å²) in [6.45, 7) is 2.46. The first-order valence-corrected chi connectivity index (χ1v) is 11.0. The Hall–Kier alpha value is -1.83. The van der Waals surface area contributed by atoms with E-state index >= 15 is 0 Å². The zero-order valence-electron chi connectivity index (χ0n) is 16.6. The number of fused-ring (bicyclic) bond motifs is 1. The minimum atomic E-state index is -0.268. The molecule has 29 heavy (non-hydrogen) atoms. The number of hydrogen-bond acceptors (Lipinski definition) is 5. The summed E-state index contributed by atoms with van der Waals surface area (Å²) in [4.78, 5) is 24.2. The van der Waals surface area contributed by atoms with Crippen LogP contribution in [0.15, 0.2) is 12.1 Å². The fraction of sp³-hybridized carbons (Fsp3) is 0.619. The van der Waals surface area contributed by atoms with Gasteiger partial charge in [-0.2, -0.15) is 0 Å². The molecule has 3 aliphatic rings. The fourth-order valence-electron chi connectivity index (χ4n) is 3.99. The van der Waals surface area contributed by atoms with Crippen molar-refractivity contribution in [2.75, 3.05) is 26.2 Å². The van der Waals surface area contributed by atoms with Crippen LogP contribution in [-0.4, -0.2) is 43.1 Å². The van der Waals surface area contributed by atoms with Gasteiger partial charge in [-0.05, 0) is 56.1 Å². The maximum absolute atomic E-state index is 11.5. The molecule has 1 heterocycles. The Balaban J connectivity index is 1.16. The number of amides is 3. The molecule has 0 bridgehead atoms. The normalized spacial score (nSPS) is 20.9. The molecule has 0 radical (unpaired) electrons. The van der Waals surface area contributed by atoms with Crippen molar-refractivity contribution in [1.82, 2.24) is 21.1 Å². The molecule has 2 fully saturated rings. The lowest BCUT2D eigenvalue weighted by Gasteiger charge is -2.17. The highest BCUT2D eigenvalue weighted by Crippen LogP contribution is 2.42. The van der Waals surface area contributed by atoms with Gasteiger partial charge in [0.15, 0.2) is 0 Å². The van der Waals surface area contributed by atoms with Crippen LogP contribution in [0.2, 0.25) is 5.02 Å². The number of nitrogens with zero attached hydrogens (tertiary/aromatic N) is 1. The first kappa shape index (κ1) is 20.4. The highest BCUT2D eigenvalue weighted by atomic mass is 35.5. The number of ether oxygens (including phenoxy) is 1. The van der Waals surface area contributed by atoms with Gasteiger partial charge in [-0.25, -0.2) is 4.79 Å². The number of rotatable bonds is 11. The van der Waals surface area contributed by atoms with Crippen LogP contribution in [0, 0.1) is 5.92 Å². The van der Waals surface area contributed by atoms with Gasteiger partial charge < -0.3 is 9.64 Å². The lowest BCUT2D eigenvalue weighted by Crippen LogP contribution is -2.35. The fourth-order valence-corrected chi connectivity index (χ4v) is 4.22. The summed E-state index contributed by atoms with van der Waals surface area (Å²) < 4.78 is 6.04. The standard InChI is InChI=1S/C21H29ClN4O3/c22-17-8-6-15-16(20(17)29-13-14-4-5-14)7-9-18(15)25-23-10-2-1-3-11-26-12-19(27)24-21(26)28/h6,8,14,18,23,25H,1-5,7,9-13H2,(H,24,27,28). The summed E-state index contributed by atoms with van der Waals surface area (Å²) in [7, 11) is 0. The molecule has 8 heteroatoms. The zero-order valence-corrected chi connectivity index (χ0v) is 17.4. The summed E-state index contributed by atoms with van der Waals surface area (Å²) in [5, 5.41) is 3.01. The molecule has 1 unspecified atom stereocenters. The number of nitrogens with one attached hydrogen (secondary N) is 3. The molecule has 1 aliphatic heterocycles. The van der Waals surface area contributed by atoms with Gasteiger partial charge >= 0.3 is 6.03 Å². The molecule has 3 amide bonds. The molecule has 4 rings (SSSR count). The van der Waals surface area contributed by atoms with Crippen LogP contribution in [0.5, 0.6) is 5.75 Å². The van der Waals surface area contributed by atoms with Gasteiger partial charge in [0.1, 0.15) is 12.3 Å². The maximum atomic E-state index is 11.5. The lowest BCUT2D eigenvalue weighted by molar-refractivity contribution is -0.118. The zero-order chi connectivity index (χ0) is 20.2. The van der Waals surface area contributed by atoms with E-state index in [0.29, 0.717) is 17.5 Å². The molecule has 7 nitrogen and oxygen atoms in total. The molecule has 1 atom stereocenters. The molecular weight excluding hydrogens is 392 g/mol. The average molecular weight is 421 g/mol. The Morgan fingerprint density at radius 1 is 1.17 bits per heavy atom. The number of hydrogen-bond donors (Lipinski definition) is 3. The largest absolute Gasteiger partial charge is 0.491 e. The number of urea groups is 1. The van der Waals surface area contributed by atoms with Gasteiger partial charge in [-0.15, -0.1) is 0 Å². The second-order valence-electron chi connectivity index (χ2n) is 8.20. The second kappa shape index (κ2) is 9.32. The SMILES string of the molecule is O=C1CN(CCCCCNNC2CCc3c2ccc(Cl)c3OCC2CC2)C(=O)N1. The van der Waals surface area contributed by atoms with E-state index in [-0.39, 0.29) is 24.5 Å². The van der Waals surface area contributed by atoms with Gasteiger partial charge in [-0.3, -0.25) is 21.0 Å². The first-order chi connectivity index (χ1) is 14.1. The molecule has 1 aromatic rings. The van der Waals surface area contributed by atoms with E-state index in [4.69, 9.17) is 16.3 Å². The average Bonchev–Trinajstić information content (AvgIpc) is 3.35. The van der Waals surface area contributed by atoms with Gasteiger partial charge in [-0.1, -0.05) is 24.1 Å². The molecule has 3 N–H and O–H groups in total. The Kier molecular flexibility index (Phi) is 6.57. The van der Waals surface area contributed by atoms with Gasteiger partial charge in [0.05, 0.1) is 11.6 Å². The Bertz CT molecular complexity index is 769. The maximum Gasteiger partial charge on any atom is 0.324 e. The molecule has 158 valence electrons. The highest BCUT2D eigenvalue weighted by Gasteiger charge is 2.29. The molecule has 1 saturated carbocycles. The number of imide groups is 1. The molecule has 0 aromatic heterocycles. The summed E-state index contributed by atoms with van der Waals surface area (Å²) >= 11 is 6.39. The van der Waals surface area contributed by atoms with E-state index in [9.17, 15) is 9.59 Å². The van der Waals surface area contributed by atoms with Crippen molar-refractivity contribution in [3.8, 4) is 5.75 Å². The highest BCUT2D eigenvalue weighted by molar-refractivity contribution is 6.32. The third-order valence-electron chi connectivity index (χ3n) is 5.84. The van der Waals surface area contributed by atoms with E-state index in [0.717, 1.165) is 51.0 Å². The Morgan fingerprint density at radius 3 is 2.79 bits per heavy atom. The Morgan fingerprint density at radius 2 is 2.03 bits per heavy atom. The lowest BCUT2D eigenvalue weighted by atomic mass is 10.1. The van der Waals surface area contributed by atoms with Crippen molar-refractivity contribution < 1.29 is 14.3 Å². The van der Waals surface area contributed by atoms with Crippen molar-refractivity contribution in [2.45, 2.75) is 51.0 Å². The van der Waals surface area contributed by atoms with Crippen molar-refractivity contribution in [3.05, 3.63) is 28.3 Å². The molecule has 0 spiro atoms. The number of hydrazine groups is 1. The van der Waals surface area contributed by atoms with Crippen molar-refractivity contribution in [1.29, 1.82) is 0 Å². The molecule has 1 aromatic carbocycles. The van der Waals surface area contributed by atoms with Crippen LogP contribution < -0.4 is 20.9 Å². The van der Waals surface area contributed by atoms with Crippen LogP contribution in [0.25, 0.3) is 0 Å². The van der Waals surface area contributed by atoms with E-state index in [2.05, 4.69) is 22.2 Å². The van der Waals surface area contributed by atoms with Crippen molar-refractivity contribution in [3.63, 3.8) is 0 Å². The van der Waals surface area contributed by atoms with Crippen LogP contribution >= 0.6 is 11.6 Å². The molecule has 2 aliphatic carbocycles. The Labute approximate surface area is 176 Å². The minimum absolute atomic E-state index is 0.191. The number of benzene rings is 1. The third-order valence-corrected chi connectivity index (χ3v) is 6.14. The van der Waals surface area contributed by atoms with Crippen molar-refractivity contribution >= 4 is 23.5 Å². The van der Waals surface area contributed by atoms with Crippen LogP contribution in [0.1, 0.15) is 55.7 Å². The van der Waals surface area contributed by atoms with E-state index < -0.39 is 0 Å². The van der Waals surface area contributed by atoms with Crippen LogP contribution in [0.4, 0.5) is 4.79 Å². The predicted octanol–water partition coefficient (Wildman–Crippen LogP) is 2.93. The van der Waals surface area contributed by atoms with E-state index in [1.54, 1.807) is 4.90 Å². The van der Waals surface area contributed by atoms with Crippen LogP contribution in [0.3, 0.4) is 0 Å². The van der Waals surface area contributed by atoms with Gasteiger partial charge in [0.2, 0.25) is 5.91 Å². The number of halogens is 1. The van der Waals surface area contributed by atoms with E-state index in [1.807, 2.05) is 6.07 Å². The minimum Gasteiger partial charge on any atom is -0.491 e. The quantitative estimate of drug-likeness (QED) is 0.291. The smallest absolute Gasteiger partial charge is 0.324 e. The molecule has 1 saturated heterocycles. The number of unbranched alkanes of at least 4 members (excludes halogenated alkanes) is 2.